The van der Waals surface area contributed by atoms with Crippen LogP contribution < -0.4 is 0 Å². The van der Waals surface area contributed by atoms with E-state index in [4.69, 9.17) is 4.43 Å². The van der Waals surface area contributed by atoms with Gasteiger partial charge >= 0.3 is 5.97 Å². The van der Waals surface area contributed by atoms with Gasteiger partial charge in [-0.25, -0.2) is 4.79 Å². The molecule has 0 atom stereocenters. The summed E-state index contributed by atoms with van der Waals surface area (Å²) >= 11 is 0. The van der Waals surface area contributed by atoms with Gasteiger partial charge in [0.2, 0.25) is 0 Å². The van der Waals surface area contributed by atoms with Crippen molar-refractivity contribution in [2.24, 2.45) is 5.92 Å². The van der Waals surface area contributed by atoms with E-state index in [9.17, 15) is 4.79 Å². The summed E-state index contributed by atoms with van der Waals surface area (Å²) in [4.78, 5) is 12.1. The van der Waals surface area contributed by atoms with Crippen molar-refractivity contribution in [1.29, 1.82) is 0 Å². The van der Waals surface area contributed by atoms with Crippen molar-refractivity contribution in [2.45, 2.75) is 83.8 Å². The van der Waals surface area contributed by atoms with Crippen LogP contribution in [0.5, 0.6) is 0 Å². The van der Waals surface area contributed by atoms with Gasteiger partial charge in [0.25, 0.3) is 8.32 Å². The zero-order valence-electron chi connectivity index (χ0n) is 14.0. The third-order valence-corrected chi connectivity index (χ3v) is 10.6. The van der Waals surface area contributed by atoms with E-state index in [2.05, 4.69) is 34.3 Å². The number of carbonyl (C=O) groups is 1. The molecule has 0 heterocycles. The fourth-order valence-electron chi connectivity index (χ4n) is 3.52. The molecule has 0 aromatic carbocycles. The Hall–Kier alpha value is -0.573. The van der Waals surface area contributed by atoms with Crippen LogP contribution in [0.25, 0.3) is 0 Å². The minimum Gasteiger partial charge on any atom is -0.515 e. The lowest BCUT2D eigenvalue weighted by Gasteiger charge is -2.41. The SMILES string of the molecule is C=C(C)C(=O)O[Si](CC1CCCCC1)(C(C)C)C(C)C. The maximum Gasteiger partial charge on any atom is 0.319 e. The fourth-order valence-corrected chi connectivity index (χ4v) is 8.18. The summed E-state index contributed by atoms with van der Waals surface area (Å²) in [7, 11) is -2.07. The molecule has 3 heteroatoms. The van der Waals surface area contributed by atoms with Crippen LogP contribution in [-0.4, -0.2) is 14.3 Å². The molecule has 0 aromatic rings. The first-order chi connectivity index (χ1) is 9.29. The van der Waals surface area contributed by atoms with Crippen LogP contribution in [0.4, 0.5) is 0 Å². The lowest BCUT2D eigenvalue weighted by atomic mass is 9.91. The molecule has 0 aliphatic heterocycles. The Morgan fingerprint density at radius 3 is 2.05 bits per heavy atom. The summed E-state index contributed by atoms with van der Waals surface area (Å²) < 4.78 is 6.13. The molecule has 116 valence electrons. The van der Waals surface area contributed by atoms with E-state index >= 15 is 0 Å². The van der Waals surface area contributed by atoms with Gasteiger partial charge in [-0.2, -0.15) is 0 Å². The van der Waals surface area contributed by atoms with Gasteiger partial charge in [0.05, 0.1) is 0 Å². The lowest BCUT2D eigenvalue weighted by molar-refractivity contribution is -0.131. The Bertz CT molecular complexity index is 333. The average molecular weight is 297 g/mol. The predicted octanol–water partition coefficient (Wildman–Crippen LogP) is 5.45. The number of hydrogen-bond acceptors (Lipinski definition) is 2. The molecule has 0 bridgehead atoms. The molecule has 20 heavy (non-hydrogen) atoms. The van der Waals surface area contributed by atoms with E-state index in [0.29, 0.717) is 16.7 Å². The number of carbonyl (C=O) groups excluding carboxylic acids is 1. The Balaban J connectivity index is 2.91. The van der Waals surface area contributed by atoms with E-state index in [1.54, 1.807) is 6.92 Å². The van der Waals surface area contributed by atoms with E-state index in [0.717, 1.165) is 12.0 Å². The molecule has 0 unspecified atom stereocenters. The van der Waals surface area contributed by atoms with Gasteiger partial charge in [0.15, 0.2) is 0 Å². The smallest absolute Gasteiger partial charge is 0.319 e. The van der Waals surface area contributed by atoms with Crippen LogP contribution in [0, 0.1) is 5.92 Å². The molecule has 1 rings (SSSR count). The number of rotatable bonds is 6. The average Bonchev–Trinajstić information content (AvgIpc) is 2.38. The minimum atomic E-state index is -2.07. The zero-order chi connectivity index (χ0) is 15.3. The second-order valence-electron chi connectivity index (χ2n) is 7.14. The molecule has 1 aliphatic rings. The first kappa shape index (κ1) is 17.5. The molecule has 0 saturated heterocycles. The van der Waals surface area contributed by atoms with E-state index in [1.807, 2.05) is 0 Å². The number of hydrogen-bond donors (Lipinski definition) is 0. The van der Waals surface area contributed by atoms with Gasteiger partial charge < -0.3 is 4.43 Å². The monoisotopic (exact) mass is 296 g/mol. The second-order valence-corrected chi connectivity index (χ2v) is 12.0. The van der Waals surface area contributed by atoms with Crippen LogP contribution >= 0.6 is 0 Å². The zero-order valence-corrected chi connectivity index (χ0v) is 15.0. The predicted molar refractivity (Wildman–Crippen MR) is 88.2 cm³/mol. The Morgan fingerprint density at radius 1 is 1.15 bits per heavy atom. The van der Waals surface area contributed by atoms with Gasteiger partial charge in [0.1, 0.15) is 0 Å². The normalized spacial score (nSPS) is 17.6. The topological polar surface area (TPSA) is 26.3 Å². The maximum absolute atomic E-state index is 12.1. The van der Waals surface area contributed by atoms with Crippen molar-refractivity contribution in [3.8, 4) is 0 Å². The molecule has 2 nitrogen and oxygen atoms in total. The van der Waals surface area contributed by atoms with Crippen LogP contribution in [0.2, 0.25) is 17.1 Å². The highest BCUT2D eigenvalue weighted by atomic mass is 28.4. The molecular formula is C17H32O2Si. The van der Waals surface area contributed by atoms with Crippen LogP contribution in [-0.2, 0) is 9.22 Å². The van der Waals surface area contributed by atoms with Crippen molar-refractivity contribution in [2.75, 3.05) is 0 Å². The molecule has 0 spiro atoms. The first-order valence-corrected chi connectivity index (χ1v) is 10.5. The molecule has 0 aromatic heterocycles. The minimum absolute atomic E-state index is 0.171. The maximum atomic E-state index is 12.1. The third-order valence-electron chi connectivity index (χ3n) is 4.92. The summed E-state index contributed by atoms with van der Waals surface area (Å²) in [6, 6.07) is 1.14. The van der Waals surface area contributed by atoms with Crippen molar-refractivity contribution in [3.63, 3.8) is 0 Å². The van der Waals surface area contributed by atoms with Crippen LogP contribution in [0.3, 0.4) is 0 Å². The van der Waals surface area contributed by atoms with Crippen molar-refractivity contribution >= 4 is 14.3 Å². The molecule has 0 radical (unpaired) electrons. The molecular weight excluding hydrogens is 264 g/mol. The van der Waals surface area contributed by atoms with Gasteiger partial charge in [-0.1, -0.05) is 66.4 Å². The molecule has 1 saturated carbocycles. The standard InChI is InChI=1S/C17H32O2Si/c1-13(2)17(18)19-20(14(3)4,15(5)6)12-16-10-8-7-9-11-16/h14-16H,1,7-12H2,2-6H3. The Morgan fingerprint density at radius 2 is 1.65 bits per heavy atom. The van der Waals surface area contributed by atoms with Crippen molar-refractivity contribution < 1.29 is 9.22 Å². The highest BCUT2D eigenvalue weighted by molar-refractivity contribution is 6.77. The van der Waals surface area contributed by atoms with E-state index in [-0.39, 0.29) is 5.97 Å². The van der Waals surface area contributed by atoms with Gasteiger partial charge in [-0.15, -0.1) is 0 Å². The summed E-state index contributed by atoms with van der Waals surface area (Å²) in [5.41, 5.74) is 1.47. The summed E-state index contributed by atoms with van der Waals surface area (Å²) in [6.45, 7) is 14.5. The summed E-state index contributed by atoms with van der Waals surface area (Å²) in [5.74, 6) is 0.591. The molecule has 0 amide bonds. The second kappa shape index (κ2) is 7.44. The molecule has 0 N–H and O–H groups in total. The van der Waals surface area contributed by atoms with Gasteiger partial charge in [-0.3, -0.25) is 0 Å². The molecule has 1 aliphatic carbocycles. The first-order valence-electron chi connectivity index (χ1n) is 8.18. The largest absolute Gasteiger partial charge is 0.515 e. The lowest BCUT2D eigenvalue weighted by Crippen LogP contribution is -2.48. The molecule has 1 fully saturated rings. The highest BCUT2D eigenvalue weighted by Crippen LogP contribution is 2.43. The van der Waals surface area contributed by atoms with Gasteiger partial charge in [-0.05, 0) is 30.0 Å². The quantitative estimate of drug-likeness (QED) is 0.481. The summed E-state index contributed by atoms with van der Waals surface area (Å²) in [6.07, 6.45) is 6.71. The van der Waals surface area contributed by atoms with Gasteiger partial charge in [0, 0.05) is 5.57 Å². The van der Waals surface area contributed by atoms with Crippen LogP contribution in [0.15, 0.2) is 12.2 Å². The Labute approximate surface area is 126 Å². The summed E-state index contributed by atoms with van der Waals surface area (Å²) in [5, 5.41) is 0. The van der Waals surface area contributed by atoms with Crippen molar-refractivity contribution in [3.05, 3.63) is 12.2 Å². The van der Waals surface area contributed by atoms with E-state index < -0.39 is 8.32 Å². The highest BCUT2D eigenvalue weighted by Gasteiger charge is 2.46. The van der Waals surface area contributed by atoms with E-state index in [1.165, 1.54) is 32.1 Å². The third kappa shape index (κ3) is 4.21. The van der Waals surface area contributed by atoms with Crippen molar-refractivity contribution in [1.82, 2.24) is 0 Å². The van der Waals surface area contributed by atoms with Crippen LogP contribution in [0.1, 0.15) is 66.7 Å². The Kier molecular flexibility index (Phi) is 6.50. The fraction of sp³-hybridized carbons (Fsp3) is 0.824.